The Hall–Kier alpha value is -1.10. The maximum absolute atomic E-state index is 10.3. The molecule has 0 radical (unpaired) electrons. The van der Waals surface area contributed by atoms with Crippen molar-refractivity contribution >= 4 is 15.9 Å². The molecule has 1 saturated heterocycles. The highest BCUT2D eigenvalue weighted by atomic mass is 79.9. The summed E-state index contributed by atoms with van der Waals surface area (Å²) in [4.78, 5) is 2.21. The first-order valence-corrected chi connectivity index (χ1v) is 8.05. The SMILES string of the molecule is CC(C)C1(O)CN(Cc2ccc(-c3ccc(Br)cc3)o2)C1. The van der Waals surface area contributed by atoms with Gasteiger partial charge >= 0.3 is 0 Å². The van der Waals surface area contributed by atoms with Crippen LogP contribution in [-0.4, -0.2) is 28.7 Å². The largest absolute Gasteiger partial charge is 0.460 e. The average molecular weight is 350 g/mol. The molecule has 2 heterocycles. The number of β-amino-alcohol motifs (C(OH)–C–C–N with tert-alkyl or cyclic N) is 1. The Morgan fingerprint density at radius 1 is 1.19 bits per heavy atom. The number of aliphatic hydroxyl groups is 1. The van der Waals surface area contributed by atoms with Gasteiger partial charge in [-0.05, 0) is 30.2 Å². The summed E-state index contributed by atoms with van der Waals surface area (Å²) in [5.41, 5.74) is 0.549. The van der Waals surface area contributed by atoms with Crippen molar-refractivity contribution in [1.82, 2.24) is 4.90 Å². The first-order valence-electron chi connectivity index (χ1n) is 7.26. The second-order valence-electron chi connectivity index (χ2n) is 6.18. The Morgan fingerprint density at radius 2 is 1.86 bits per heavy atom. The minimum Gasteiger partial charge on any atom is -0.460 e. The Bertz CT molecular complexity index is 612. The normalized spacial score (nSPS) is 18.0. The van der Waals surface area contributed by atoms with Gasteiger partial charge in [0.1, 0.15) is 11.5 Å². The molecule has 1 aliphatic heterocycles. The van der Waals surface area contributed by atoms with Crippen molar-refractivity contribution in [2.45, 2.75) is 26.0 Å². The Morgan fingerprint density at radius 3 is 2.48 bits per heavy atom. The zero-order valence-electron chi connectivity index (χ0n) is 12.3. The highest BCUT2D eigenvalue weighted by Gasteiger charge is 2.43. The van der Waals surface area contributed by atoms with Gasteiger partial charge in [0.05, 0.1) is 12.1 Å². The first-order chi connectivity index (χ1) is 9.96. The van der Waals surface area contributed by atoms with Gasteiger partial charge in [-0.15, -0.1) is 0 Å². The van der Waals surface area contributed by atoms with Crippen LogP contribution < -0.4 is 0 Å². The molecule has 0 aliphatic carbocycles. The third-order valence-electron chi connectivity index (χ3n) is 4.24. The lowest BCUT2D eigenvalue weighted by molar-refractivity contribution is -0.132. The Balaban J connectivity index is 1.63. The zero-order valence-corrected chi connectivity index (χ0v) is 13.9. The summed E-state index contributed by atoms with van der Waals surface area (Å²) >= 11 is 3.43. The van der Waals surface area contributed by atoms with Crippen molar-refractivity contribution in [2.75, 3.05) is 13.1 Å². The third kappa shape index (κ3) is 3.07. The second-order valence-corrected chi connectivity index (χ2v) is 7.09. The van der Waals surface area contributed by atoms with E-state index in [1.807, 2.05) is 36.4 Å². The summed E-state index contributed by atoms with van der Waals surface area (Å²) < 4.78 is 6.97. The van der Waals surface area contributed by atoms with E-state index in [0.29, 0.717) is 5.92 Å². The van der Waals surface area contributed by atoms with E-state index in [0.717, 1.165) is 41.2 Å². The van der Waals surface area contributed by atoms with Crippen molar-refractivity contribution in [3.8, 4) is 11.3 Å². The van der Waals surface area contributed by atoms with Crippen LogP contribution in [0.1, 0.15) is 19.6 Å². The van der Waals surface area contributed by atoms with Crippen LogP contribution in [0.25, 0.3) is 11.3 Å². The molecule has 21 heavy (non-hydrogen) atoms. The van der Waals surface area contributed by atoms with Crippen LogP contribution in [0.3, 0.4) is 0 Å². The van der Waals surface area contributed by atoms with Gasteiger partial charge in [0.15, 0.2) is 0 Å². The zero-order chi connectivity index (χ0) is 15.0. The lowest BCUT2D eigenvalue weighted by atomic mass is 9.83. The van der Waals surface area contributed by atoms with E-state index in [1.165, 1.54) is 0 Å². The lowest BCUT2D eigenvalue weighted by Crippen LogP contribution is -2.63. The topological polar surface area (TPSA) is 36.6 Å². The minimum atomic E-state index is -0.527. The molecule has 0 amide bonds. The quantitative estimate of drug-likeness (QED) is 0.908. The van der Waals surface area contributed by atoms with Crippen molar-refractivity contribution < 1.29 is 9.52 Å². The van der Waals surface area contributed by atoms with Crippen molar-refractivity contribution in [3.63, 3.8) is 0 Å². The summed E-state index contributed by atoms with van der Waals surface area (Å²) in [5.74, 6) is 2.12. The molecule has 1 N–H and O–H groups in total. The summed E-state index contributed by atoms with van der Waals surface area (Å²) in [6.07, 6.45) is 0. The number of nitrogens with zero attached hydrogens (tertiary/aromatic N) is 1. The van der Waals surface area contributed by atoms with Crippen LogP contribution in [-0.2, 0) is 6.54 Å². The molecule has 0 bridgehead atoms. The Labute approximate surface area is 133 Å². The molecule has 0 saturated carbocycles. The van der Waals surface area contributed by atoms with Crippen LogP contribution in [0.2, 0.25) is 0 Å². The number of furan rings is 1. The van der Waals surface area contributed by atoms with Gasteiger partial charge < -0.3 is 9.52 Å². The predicted molar refractivity (Wildman–Crippen MR) is 86.9 cm³/mol. The summed E-state index contributed by atoms with van der Waals surface area (Å²) in [5, 5.41) is 10.3. The van der Waals surface area contributed by atoms with Crippen molar-refractivity contribution in [2.24, 2.45) is 5.92 Å². The molecule has 3 rings (SSSR count). The molecule has 2 aromatic rings. The molecule has 1 fully saturated rings. The highest BCUT2D eigenvalue weighted by Crippen LogP contribution is 2.31. The molecule has 0 atom stereocenters. The fourth-order valence-electron chi connectivity index (χ4n) is 2.66. The molecule has 3 nitrogen and oxygen atoms in total. The number of likely N-dealkylation sites (tertiary alicyclic amines) is 1. The fourth-order valence-corrected chi connectivity index (χ4v) is 2.92. The number of halogens is 1. The van der Waals surface area contributed by atoms with E-state index >= 15 is 0 Å². The molecule has 1 aliphatic rings. The van der Waals surface area contributed by atoms with Gasteiger partial charge in [-0.3, -0.25) is 4.90 Å². The molecule has 0 unspecified atom stereocenters. The van der Waals surface area contributed by atoms with E-state index in [4.69, 9.17) is 4.42 Å². The van der Waals surface area contributed by atoms with Gasteiger partial charge in [0.2, 0.25) is 0 Å². The van der Waals surface area contributed by atoms with Gasteiger partial charge in [-0.1, -0.05) is 41.9 Å². The maximum atomic E-state index is 10.3. The first kappa shape index (κ1) is 14.8. The maximum Gasteiger partial charge on any atom is 0.134 e. The van der Waals surface area contributed by atoms with Gasteiger partial charge in [0.25, 0.3) is 0 Å². The third-order valence-corrected chi connectivity index (χ3v) is 4.77. The van der Waals surface area contributed by atoms with Crippen LogP contribution in [0.4, 0.5) is 0 Å². The molecule has 4 heteroatoms. The van der Waals surface area contributed by atoms with E-state index in [1.54, 1.807) is 0 Å². The van der Waals surface area contributed by atoms with E-state index in [-0.39, 0.29) is 0 Å². The standard InChI is InChI=1S/C17H20BrNO2/c1-12(2)17(20)10-19(11-17)9-15-7-8-16(21-15)13-3-5-14(18)6-4-13/h3-8,12,20H,9-11H2,1-2H3. The monoisotopic (exact) mass is 349 g/mol. The summed E-state index contributed by atoms with van der Waals surface area (Å²) in [6.45, 7) is 6.33. The molecule has 0 spiro atoms. The van der Waals surface area contributed by atoms with Gasteiger partial charge in [0, 0.05) is 23.1 Å². The van der Waals surface area contributed by atoms with Crippen LogP contribution in [0, 0.1) is 5.92 Å². The van der Waals surface area contributed by atoms with Gasteiger partial charge in [-0.25, -0.2) is 0 Å². The van der Waals surface area contributed by atoms with Crippen LogP contribution in [0.5, 0.6) is 0 Å². The molecule has 112 valence electrons. The van der Waals surface area contributed by atoms with E-state index < -0.39 is 5.60 Å². The average Bonchev–Trinajstić information content (AvgIpc) is 2.86. The summed E-state index contributed by atoms with van der Waals surface area (Å²) in [7, 11) is 0. The number of hydrogen-bond donors (Lipinski definition) is 1. The lowest BCUT2D eigenvalue weighted by Gasteiger charge is -2.48. The summed E-state index contributed by atoms with van der Waals surface area (Å²) in [6, 6.07) is 12.1. The Kier molecular flexibility index (Phi) is 3.95. The van der Waals surface area contributed by atoms with Crippen molar-refractivity contribution in [3.05, 3.63) is 46.6 Å². The van der Waals surface area contributed by atoms with E-state index in [2.05, 4.69) is 34.7 Å². The minimum absolute atomic E-state index is 0.295. The van der Waals surface area contributed by atoms with E-state index in [9.17, 15) is 5.11 Å². The molecular formula is C17H20BrNO2. The molecule has 1 aromatic heterocycles. The smallest absolute Gasteiger partial charge is 0.134 e. The van der Waals surface area contributed by atoms with Gasteiger partial charge in [-0.2, -0.15) is 0 Å². The predicted octanol–water partition coefficient (Wildman–Crippen LogP) is 3.91. The molecule has 1 aromatic carbocycles. The number of hydrogen-bond acceptors (Lipinski definition) is 3. The van der Waals surface area contributed by atoms with Crippen LogP contribution in [0.15, 0.2) is 45.3 Å². The molecular weight excluding hydrogens is 330 g/mol. The van der Waals surface area contributed by atoms with Crippen LogP contribution >= 0.6 is 15.9 Å². The fraction of sp³-hybridized carbons (Fsp3) is 0.412. The number of rotatable bonds is 4. The second kappa shape index (κ2) is 5.59. The number of benzene rings is 1. The highest BCUT2D eigenvalue weighted by molar-refractivity contribution is 9.10. The van der Waals surface area contributed by atoms with Crippen molar-refractivity contribution in [1.29, 1.82) is 0 Å².